The van der Waals surface area contributed by atoms with Crippen molar-refractivity contribution in [1.82, 2.24) is 5.43 Å². The summed E-state index contributed by atoms with van der Waals surface area (Å²) in [6.45, 7) is 0. The van der Waals surface area contributed by atoms with Gasteiger partial charge in [0.1, 0.15) is 5.75 Å². The highest BCUT2D eigenvalue weighted by molar-refractivity contribution is 8.00. The average molecular weight is 361 g/mol. The van der Waals surface area contributed by atoms with Crippen LogP contribution >= 0.6 is 11.8 Å². The number of carbonyl (C=O) groups excluding carboxylic acids is 1. The third-order valence-corrected chi connectivity index (χ3v) is 4.08. The summed E-state index contributed by atoms with van der Waals surface area (Å²) < 4.78 is 5.05. The number of phenols is 1. The number of methoxy groups -OCH3 is 1. The average Bonchev–Trinajstić information content (AvgIpc) is 2.61. The number of para-hydroxylation sites is 1. The molecule has 2 aromatic rings. The molecule has 0 unspecified atom stereocenters. The number of carbonyl (C=O) groups is 1. The molecule has 2 aromatic carbocycles. The summed E-state index contributed by atoms with van der Waals surface area (Å²) in [5.41, 5.74) is 2.01. The molecule has 0 spiro atoms. The van der Waals surface area contributed by atoms with Crippen LogP contribution in [0.2, 0.25) is 0 Å². The topological polar surface area (TPSA) is 114 Å². The highest BCUT2D eigenvalue weighted by atomic mass is 32.2. The van der Waals surface area contributed by atoms with Crippen LogP contribution in [0.4, 0.5) is 5.69 Å². The number of amides is 1. The van der Waals surface area contributed by atoms with E-state index in [1.807, 2.05) is 12.1 Å². The van der Waals surface area contributed by atoms with E-state index in [4.69, 9.17) is 4.74 Å². The lowest BCUT2D eigenvalue weighted by Gasteiger charge is -2.03. The van der Waals surface area contributed by atoms with Crippen molar-refractivity contribution in [3.05, 3.63) is 58.1 Å². The smallest absolute Gasteiger partial charge is 0.311 e. The summed E-state index contributed by atoms with van der Waals surface area (Å²) in [6, 6.07) is 11.3. The molecule has 0 atom stereocenters. The van der Waals surface area contributed by atoms with Gasteiger partial charge in [0.2, 0.25) is 11.7 Å². The van der Waals surface area contributed by atoms with Crippen molar-refractivity contribution >= 4 is 29.6 Å². The van der Waals surface area contributed by atoms with Gasteiger partial charge in [-0.2, -0.15) is 5.10 Å². The number of nitro groups is 1. The summed E-state index contributed by atoms with van der Waals surface area (Å²) >= 11 is 1.32. The first-order valence-corrected chi connectivity index (χ1v) is 8.05. The van der Waals surface area contributed by atoms with Crippen molar-refractivity contribution in [2.75, 3.05) is 12.9 Å². The molecule has 0 saturated carbocycles. The zero-order chi connectivity index (χ0) is 18.2. The van der Waals surface area contributed by atoms with E-state index in [-0.39, 0.29) is 17.2 Å². The van der Waals surface area contributed by atoms with E-state index in [1.54, 1.807) is 19.2 Å². The number of hydrogen-bond acceptors (Lipinski definition) is 7. The predicted octanol–water partition coefficient (Wildman–Crippen LogP) is 2.55. The van der Waals surface area contributed by atoms with E-state index >= 15 is 0 Å². The zero-order valence-electron chi connectivity index (χ0n) is 13.2. The Kier molecular flexibility index (Phi) is 6.35. The van der Waals surface area contributed by atoms with Gasteiger partial charge in [-0.3, -0.25) is 14.9 Å². The van der Waals surface area contributed by atoms with Crippen LogP contribution in [0.5, 0.6) is 11.5 Å². The first kappa shape index (κ1) is 18.3. The number of rotatable bonds is 7. The van der Waals surface area contributed by atoms with Crippen molar-refractivity contribution in [1.29, 1.82) is 0 Å². The van der Waals surface area contributed by atoms with Gasteiger partial charge in [-0.05, 0) is 30.3 Å². The van der Waals surface area contributed by atoms with Crippen LogP contribution in [0.15, 0.2) is 52.5 Å². The molecule has 0 aromatic heterocycles. The van der Waals surface area contributed by atoms with Crippen LogP contribution < -0.4 is 10.2 Å². The molecule has 130 valence electrons. The van der Waals surface area contributed by atoms with Gasteiger partial charge in [-0.1, -0.05) is 6.07 Å². The standard InChI is InChI=1S/C16H15N3O5S/c1-24-12-5-7-13(8-6-12)25-10-15(20)18-17-9-11-3-2-4-14(16(11)21)19(22)23/h2-9,21H,10H2,1H3,(H,18,20)/b17-9+. The maximum atomic E-state index is 11.7. The Balaban J connectivity index is 1.88. The second-order valence-electron chi connectivity index (χ2n) is 4.73. The van der Waals surface area contributed by atoms with Crippen LogP contribution in [0.3, 0.4) is 0 Å². The van der Waals surface area contributed by atoms with E-state index < -0.39 is 16.4 Å². The van der Waals surface area contributed by atoms with Crippen LogP contribution in [-0.4, -0.2) is 35.0 Å². The van der Waals surface area contributed by atoms with Gasteiger partial charge < -0.3 is 9.84 Å². The van der Waals surface area contributed by atoms with Crippen LogP contribution in [0.1, 0.15) is 5.56 Å². The molecule has 0 bridgehead atoms. The molecule has 0 fully saturated rings. The summed E-state index contributed by atoms with van der Waals surface area (Å²) in [5, 5.41) is 24.2. The Morgan fingerprint density at radius 2 is 2.08 bits per heavy atom. The largest absolute Gasteiger partial charge is 0.502 e. The minimum atomic E-state index is -0.698. The van der Waals surface area contributed by atoms with E-state index in [9.17, 15) is 20.0 Å². The highest BCUT2D eigenvalue weighted by Crippen LogP contribution is 2.27. The third kappa shape index (κ3) is 5.21. The van der Waals surface area contributed by atoms with Crippen LogP contribution in [0.25, 0.3) is 0 Å². The molecule has 1 amide bonds. The lowest BCUT2D eigenvalue weighted by Crippen LogP contribution is -2.19. The molecule has 0 aliphatic rings. The molecule has 0 aliphatic carbocycles. The van der Waals surface area contributed by atoms with E-state index in [0.29, 0.717) is 0 Å². The molecule has 0 aliphatic heterocycles. The fourth-order valence-electron chi connectivity index (χ4n) is 1.83. The molecular weight excluding hydrogens is 346 g/mol. The number of hydrazone groups is 1. The van der Waals surface area contributed by atoms with Gasteiger partial charge in [-0.15, -0.1) is 11.8 Å². The van der Waals surface area contributed by atoms with Crippen LogP contribution in [-0.2, 0) is 4.79 Å². The fourth-order valence-corrected chi connectivity index (χ4v) is 2.52. The number of benzene rings is 2. The second-order valence-corrected chi connectivity index (χ2v) is 5.78. The summed E-state index contributed by atoms with van der Waals surface area (Å²) in [6.07, 6.45) is 1.15. The molecular formula is C16H15N3O5S. The maximum absolute atomic E-state index is 11.7. The van der Waals surface area contributed by atoms with Gasteiger partial charge in [0, 0.05) is 16.5 Å². The first-order valence-electron chi connectivity index (χ1n) is 7.06. The Morgan fingerprint density at radius 3 is 2.72 bits per heavy atom. The molecule has 2 rings (SSSR count). The molecule has 0 saturated heterocycles. The van der Waals surface area contributed by atoms with E-state index in [2.05, 4.69) is 10.5 Å². The first-order chi connectivity index (χ1) is 12.0. The third-order valence-electron chi connectivity index (χ3n) is 3.06. The molecule has 2 N–H and O–H groups in total. The van der Waals surface area contributed by atoms with Gasteiger partial charge in [-0.25, -0.2) is 5.43 Å². The lowest BCUT2D eigenvalue weighted by atomic mass is 10.2. The van der Waals surface area contributed by atoms with Crippen LogP contribution in [0, 0.1) is 10.1 Å². The number of nitrogens with zero attached hydrogens (tertiary/aromatic N) is 2. The van der Waals surface area contributed by atoms with E-state index in [0.717, 1.165) is 16.9 Å². The number of phenolic OH excluding ortho intramolecular Hbond substituents is 1. The van der Waals surface area contributed by atoms with E-state index in [1.165, 1.54) is 30.0 Å². The number of aromatic hydroxyl groups is 1. The summed E-state index contributed by atoms with van der Waals surface area (Å²) in [4.78, 5) is 22.7. The van der Waals surface area contributed by atoms with Crippen molar-refractivity contribution in [3.63, 3.8) is 0 Å². The summed E-state index contributed by atoms with van der Waals surface area (Å²) in [5.74, 6) is 0.0279. The number of nitro benzene ring substituents is 1. The predicted molar refractivity (Wildman–Crippen MR) is 94.2 cm³/mol. The Hall–Kier alpha value is -3.07. The minimum absolute atomic E-state index is 0.136. The Bertz CT molecular complexity index is 793. The normalized spacial score (nSPS) is 10.6. The lowest BCUT2D eigenvalue weighted by molar-refractivity contribution is -0.385. The number of nitrogens with one attached hydrogen (secondary N) is 1. The highest BCUT2D eigenvalue weighted by Gasteiger charge is 2.15. The summed E-state index contributed by atoms with van der Waals surface area (Å²) in [7, 11) is 1.58. The molecule has 9 heteroatoms. The number of thioether (sulfide) groups is 1. The SMILES string of the molecule is COc1ccc(SCC(=O)N/N=C/c2cccc([N+](=O)[O-])c2O)cc1. The van der Waals surface area contributed by atoms with Gasteiger partial charge in [0.15, 0.2) is 0 Å². The molecule has 8 nitrogen and oxygen atoms in total. The maximum Gasteiger partial charge on any atom is 0.311 e. The van der Waals surface area contributed by atoms with Crippen molar-refractivity contribution in [2.45, 2.75) is 4.90 Å². The minimum Gasteiger partial charge on any atom is -0.502 e. The van der Waals surface area contributed by atoms with Gasteiger partial charge in [0.05, 0.1) is 24.0 Å². The van der Waals surface area contributed by atoms with Crippen molar-refractivity contribution in [2.24, 2.45) is 5.10 Å². The second kappa shape index (κ2) is 8.69. The van der Waals surface area contributed by atoms with Crippen molar-refractivity contribution in [3.8, 4) is 11.5 Å². The number of hydrogen-bond donors (Lipinski definition) is 2. The number of ether oxygens (including phenoxy) is 1. The molecule has 25 heavy (non-hydrogen) atoms. The Morgan fingerprint density at radius 1 is 1.36 bits per heavy atom. The molecule has 0 heterocycles. The van der Waals surface area contributed by atoms with Crippen molar-refractivity contribution < 1.29 is 19.6 Å². The van der Waals surface area contributed by atoms with Gasteiger partial charge >= 0.3 is 5.69 Å². The Labute approximate surface area is 147 Å². The molecule has 0 radical (unpaired) electrons. The quantitative estimate of drug-likeness (QED) is 0.339. The monoisotopic (exact) mass is 361 g/mol. The van der Waals surface area contributed by atoms with Gasteiger partial charge in [0.25, 0.3) is 0 Å². The fraction of sp³-hybridized carbons (Fsp3) is 0.125. The zero-order valence-corrected chi connectivity index (χ0v) is 14.0.